The van der Waals surface area contributed by atoms with Gasteiger partial charge in [0.25, 0.3) is 0 Å². The van der Waals surface area contributed by atoms with Gasteiger partial charge in [-0.25, -0.2) is 0 Å². The number of aromatic nitrogens is 2. The van der Waals surface area contributed by atoms with Gasteiger partial charge < -0.3 is 5.32 Å². The SMILES string of the molecule is CCn1cc(N[C@@H]2CCC[C@H](C)C2)cn1. The highest BCUT2D eigenvalue weighted by molar-refractivity contribution is 5.39. The summed E-state index contributed by atoms with van der Waals surface area (Å²) in [7, 11) is 0. The molecule has 1 aliphatic rings. The van der Waals surface area contributed by atoms with Crippen LogP contribution in [0.1, 0.15) is 39.5 Å². The number of anilines is 1. The van der Waals surface area contributed by atoms with Crippen molar-refractivity contribution >= 4 is 5.69 Å². The molecular weight excluding hydrogens is 186 g/mol. The number of hydrogen-bond donors (Lipinski definition) is 1. The Morgan fingerprint density at radius 2 is 2.40 bits per heavy atom. The molecule has 1 heterocycles. The lowest BCUT2D eigenvalue weighted by Gasteiger charge is -2.27. The standard InChI is InChI=1S/C12H21N3/c1-3-15-9-12(8-13-15)14-11-6-4-5-10(2)7-11/h8-11,14H,3-7H2,1-2H3/t10-,11+/m0/s1. The second-order valence-electron chi connectivity index (χ2n) is 4.70. The van der Waals surface area contributed by atoms with Crippen LogP contribution < -0.4 is 5.32 Å². The van der Waals surface area contributed by atoms with E-state index < -0.39 is 0 Å². The fourth-order valence-corrected chi connectivity index (χ4v) is 2.41. The first-order chi connectivity index (χ1) is 7.28. The summed E-state index contributed by atoms with van der Waals surface area (Å²) in [5.74, 6) is 0.873. The van der Waals surface area contributed by atoms with Crippen LogP contribution in [0.5, 0.6) is 0 Å². The van der Waals surface area contributed by atoms with Gasteiger partial charge in [0.2, 0.25) is 0 Å². The lowest BCUT2D eigenvalue weighted by molar-refractivity contribution is 0.358. The largest absolute Gasteiger partial charge is 0.380 e. The predicted molar refractivity (Wildman–Crippen MR) is 62.9 cm³/mol. The van der Waals surface area contributed by atoms with Crippen LogP contribution in [0.2, 0.25) is 0 Å². The summed E-state index contributed by atoms with van der Waals surface area (Å²) in [6.45, 7) is 5.41. The van der Waals surface area contributed by atoms with Gasteiger partial charge in [-0.15, -0.1) is 0 Å². The smallest absolute Gasteiger partial charge is 0.0728 e. The fourth-order valence-electron chi connectivity index (χ4n) is 2.41. The summed E-state index contributed by atoms with van der Waals surface area (Å²) in [4.78, 5) is 0. The van der Waals surface area contributed by atoms with E-state index in [0.29, 0.717) is 6.04 Å². The lowest BCUT2D eigenvalue weighted by Crippen LogP contribution is -2.25. The van der Waals surface area contributed by atoms with E-state index in [0.717, 1.165) is 12.5 Å². The van der Waals surface area contributed by atoms with Gasteiger partial charge in [0.05, 0.1) is 11.9 Å². The number of nitrogens with one attached hydrogen (secondary N) is 1. The molecule has 0 bridgehead atoms. The van der Waals surface area contributed by atoms with Crippen molar-refractivity contribution in [2.24, 2.45) is 5.92 Å². The molecule has 0 spiro atoms. The summed E-state index contributed by atoms with van der Waals surface area (Å²) >= 11 is 0. The molecule has 2 atom stereocenters. The monoisotopic (exact) mass is 207 g/mol. The Morgan fingerprint density at radius 3 is 3.07 bits per heavy atom. The van der Waals surface area contributed by atoms with Crippen molar-refractivity contribution in [1.29, 1.82) is 0 Å². The molecule has 0 saturated heterocycles. The van der Waals surface area contributed by atoms with Gasteiger partial charge in [-0.3, -0.25) is 4.68 Å². The molecule has 3 heteroatoms. The van der Waals surface area contributed by atoms with E-state index in [1.54, 1.807) is 0 Å². The van der Waals surface area contributed by atoms with E-state index in [2.05, 4.69) is 30.5 Å². The third-order valence-corrected chi connectivity index (χ3v) is 3.26. The third-order valence-electron chi connectivity index (χ3n) is 3.26. The molecule has 1 aromatic heterocycles. The summed E-state index contributed by atoms with van der Waals surface area (Å²) in [6, 6.07) is 0.656. The Kier molecular flexibility index (Phi) is 3.29. The Labute approximate surface area is 91.9 Å². The molecule has 1 aromatic rings. The van der Waals surface area contributed by atoms with Gasteiger partial charge in [0.15, 0.2) is 0 Å². The first kappa shape index (κ1) is 10.5. The molecule has 0 amide bonds. The molecule has 1 fully saturated rings. The average molecular weight is 207 g/mol. The minimum absolute atomic E-state index is 0.656. The van der Waals surface area contributed by atoms with Crippen molar-refractivity contribution in [3.05, 3.63) is 12.4 Å². The first-order valence-electron chi connectivity index (χ1n) is 6.07. The topological polar surface area (TPSA) is 29.9 Å². The van der Waals surface area contributed by atoms with Crippen LogP contribution in [0.3, 0.4) is 0 Å². The second-order valence-corrected chi connectivity index (χ2v) is 4.70. The zero-order valence-corrected chi connectivity index (χ0v) is 9.74. The summed E-state index contributed by atoms with van der Waals surface area (Å²) in [6.07, 6.45) is 9.40. The normalized spacial score (nSPS) is 26.5. The molecule has 15 heavy (non-hydrogen) atoms. The van der Waals surface area contributed by atoms with Crippen molar-refractivity contribution in [3.8, 4) is 0 Å². The van der Waals surface area contributed by atoms with Crippen molar-refractivity contribution in [2.45, 2.75) is 52.1 Å². The van der Waals surface area contributed by atoms with Gasteiger partial charge in [-0.2, -0.15) is 5.10 Å². The highest BCUT2D eigenvalue weighted by Gasteiger charge is 2.18. The van der Waals surface area contributed by atoms with E-state index in [1.165, 1.54) is 31.4 Å². The Morgan fingerprint density at radius 1 is 1.53 bits per heavy atom. The Hall–Kier alpha value is -0.990. The fraction of sp³-hybridized carbons (Fsp3) is 0.750. The van der Waals surface area contributed by atoms with Crippen molar-refractivity contribution in [2.75, 3.05) is 5.32 Å². The average Bonchev–Trinajstić information content (AvgIpc) is 2.65. The van der Waals surface area contributed by atoms with Crippen LogP contribution >= 0.6 is 0 Å². The predicted octanol–water partition coefficient (Wildman–Crippen LogP) is 2.89. The van der Waals surface area contributed by atoms with Crippen molar-refractivity contribution in [3.63, 3.8) is 0 Å². The van der Waals surface area contributed by atoms with Crippen molar-refractivity contribution < 1.29 is 0 Å². The van der Waals surface area contributed by atoms with E-state index >= 15 is 0 Å². The molecule has 84 valence electrons. The number of rotatable bonds is 3. The van der Waals surface area contributed by atoms with E-state index in [9.17, 15) is 0 Å². The third kappa shape index (κ3) is 2.74. The van der Waals surface area contributed by atoms with Gasteiger partial charge in [-0.05, 0) is 25.7 Å². The van der Waals surface area contributed by atoms with Crippen LogP contribution in [0.25, 0.3) is 0 Å². The van der Waals surface area contributed by atoms with Crippen LogP contribution in [0.4, 0.5) is 5.69 Å². The minimum atomic E-state index is 0.656. The first-order valence-corrected chi connectivity index (χ1v) is 6.07. The second kappa shape index (κ2) is 4.69. The molecular formula is C12H21N3. The summed E-state index contributed by atoms with van der Waals surface area (Å²) < 4.78 is 1.97. The highest BCUT2D eigenvalue weighted by Crippen LogP contribution is 2.25. The van der Waals surface area contributed by atoms with Crippen LogP contribution in [0, 0.1) is 5.92 Å². The minimum Gasteiger partial charge on any atom is -0.380 e. The Balaban J connectivity index is 1.90. The number of hydrogen-bond acceptors (Lipinski definition) is 2. The van der Waals surface area contributed by atoms with E-state index in [1.807, 2.05) is 10.9 Å². The van der Waals surface area contributed by atoms with Crippen molar-refractivity contribution in [1.82, 2.24) is 9.78 Å². The molecule has 0 aromatic carbocycles. The number of nitrogens with zero attached hydrogens (tertiary/aromatic N) is 2. The van der Waals surface area contributed by atoms with Gasteiger partial charge in [-0.1, -0.05) is 19.8 Å². The molecule has 1 N–H and O–H groups in total. The maximum absolute atomic E-state index is 4.27. The highest BCUT2D eigenvalue weighted by atomic mass is 15.3. The quantitative estimate of drug-likeness (QED) is 0.826. The van der Waals surface area contributed by atoms with Crippen LogP contribution in [-0.4, -0.2) is 15.8 Å². The van der Waals surface area contributed by atoms with Crippen LogP contribution in [0.15, 0.2) is 12.4 Å². The zero-order chi connectivity index (χ0) is 10.7. The van der Waals surface area contributed by atoms with E-state index in [4.69, 9.17) is 0 Å². The van der Waals surface area contributed by atoms with Crippen LogP contribution in [-0.2, 0) is 6.54 Å². The van der Waals surface area contributed by atoms with Gasteiger partial charge >= 0.3 is 0 Å². The molecule has 3 nitrogen and oxygen atoms in total. The molecule has 0 unspecified atom stereocenters. The Bertz CT molecular complexity index is 306. The van der Waals surface area contributed by atoms with Gasteiger partial charge in [0, 0.05) is 18.8 Å². The molecule has 1 saturated carbocycles. The maximum Gasteiger partial charge on any atom is 0.0728 e. The molecule has 2 rings (SSSR count). The summed E-state index contributed by atoms with van der Waals surface area (Å²) in [5, 5.41) is 7.86. The van der Waals surface area contributed by atoms with E-state index in [-0.39, 0.29) is 0 Å². The molecule has 0 radical (unpaired) electrons. The summed E-state index contributed by atoms with van der Waals surface area (Å²) in [5.41, 5.74) is 1.18. The lowest BCUT2D eigenvalue weighted by atomic mass is 9.87. The number of aryl methyl sites for hydroxylation is 1. The maximum atomic E-state index is 4.27. The molecule has 1 aliphatic carbocycles. The molecule has 0 aliphatic heterocycles. The zero-order valence-electron chi connectivity index (χ0n) is 9.74. The van der Waals surface area contributed by atoms with Gasteiger partial charge in [0.1, 0.15) is 0 Å².